The number of aromatic nitrogens is 1. The number of esters is 1. The lowest BCUT2D eigenvalue weighted by molar-refractivity contribution is -0.142. The van der Waals surface area contributed by atoms with Crippen LogP contribution in [0.15, 0.2) is 10.6 Å². The van der Waals surface area contributed by atoms with E-state index in [1.54, 1.807) is 6.92 Å². The topological polar surface area (TPSA) is 52.3 Å². The molecule has 0 spiro atoms. The lowest BCUT2D eigenvalue weighted by Crippen LogP contribution is -2.06. The average molecular weight is 211 g/mol. The smallest absolute Gasteiger partial charge is 0.313 e. The summed E-state index contributed by atoms with van der Waals surface area (Å²) in [6.45, 7) is 4.31. The van der Waals surface area contributed by atoms with E-state index in [0.29, 0.717) is 12.4 Å². The van der Waals surface area contributed by atoms with E-state index in [0.717, 1.165) is 25.0 Å². The van der Waals surface area contributed by atoms with Crippen molar-refractivity contribution in [2.45, 2.75) is 39.5 Å². The number of rotatable bonds is 6. The molecular weight excluding hydrogens is 194 g/mol. The summed E-state index contributed by atoms with van der Waals surface area (Å²) in [4.78, 5) is 11.1. The molecule has 15 heavy (non-hydrogen) atoms. The van der Waals surface area contributed by atoms with Crippen LogP contribution in [0, 0.1) is 0 Å². The highest BCUT2D eigenvalue weighted by Gasteiger charge is 2.09. The lowest BCUT2D eigenvalue weighted by atomic mass is 10.2. The summed E-state index contributed by atoms with van der Waals surface area (Å²) in [6.07, 6.45) is 3.29. The van der Waals surface area contributed by atoms with Crippen LogP contribution >= 0.6 is 0 Å². The number of ether oxygens (including phenoxy) is 1. The third-order valence-electron chi connectivity index (χ3n) is 2.02. The minimum Gasteiger partial charge on any atom is -0.466 e. The molecule has 0 unspecified atom stereocenters. The molecule has 4 heteroatoms. The van der Waals surface area contributed by atoms with Gasteiger partial charge in [0.2, 0.25) is 0 Å². The molecule has 84 valence electrons. The molecular formula is C11H17NO3. The van der Waals surface area contributed by atoms with Gasteiger partial charge in [-0.05, 0) is 19.8 Å². The Morgan fingerprint density at radius 3 is 3.00 bits per heavy atom. The zero-order valence-electron chi connectivity index (χ0n) is 9.28. The quantitative estimate of drug-likeness (QED) is 0.676. The van der Waals surface area contributed by atoms with Gasteiger partial charge < -0.3 is 9.26 Å². The zero-order chi connectivity index (χ0) is 11.1. The third-order valence-corrected chi connectivity index (χ3v) is 2.02. The number of carbonyl (C=O) groups is 1. The van der Waals surface area contributed by atoms with Gasteiger partial charge in [-0.3, -0.25) is 4.79 Å². The largest absolute Gasteiger partial charge is 0.466 e. The van der Waals surface area contributed by atoms with Gasteiger partial charge in [-0.15, -0.1) is 0 Å². The van der Waals surface area contributed by atoms with Crippen LogP contribution in [0.4, 0.5) is 0 Å². The van der Waals surface area contributed by atoms with Gasteiger partial charge in [0.25, 0.3) is 0 Å². The van der Waals surface area contributed by atoms with E-state index in [9.17, 15) is 4.79 Å². The van der Waals surface area contributed by atoms with Crippen molar-refractivity contribution in [1.29, 1.82) is 0 Å². The highest BCUT2D eigenvalue weighted by Crippen LogP contribution is 2.08. The Morgan fingerprint density at radius 1 is 1.53 bits per heavy atom. The van der Waals surface area contributed by atoms with E-state index >= 15 is 0 Å². The molecule has 1 aromatic rings. The monoisotopic (exact) mass is 211 g/mol. The molecule has 0 aromatic carbocycles. The Balaban J connectivity index is 2.42. The van der Waals surface area contributed by atoms with Gasteiger partial charge in [0.15, 0.2) is 0 Å². The predicted molar refractivity (Wildman–Crippen MR) is 55.5 cm³/mol. The molecule has 0 aliphatic rings. The molecule has 4 nitrogen and oxygen atoms in total. The summed E-state index contributed by atoms with van der Waals surface area (Å²) >= 11 is 0. The van der Waals surface area contributed by atoms with Crippen LogP contribution in [0.3, 0.4) is 0 Å². The normalized spacial score (nSPS) is 10.3. The van der Waals surface area contributed by atoms with Crippen molar-refractivity contribution in [3.05, 3.63) is 17.5 Å². The first-order chi connectivity index (χ1) is 7.26. The summed E-state index contributed by atoms with van der Waals surface area (Å²) in [6, 6.07) is 1.83. The number of nitrogens with zero attached hydrogens (tertiary/aromatic N) is 1. The first-order valence-electron chi connectivity index (χ1n) is 5.36. The van der Waals surface area contributed by atoms with Crippen molar-refractivity contribution in [2.24, 2.45) is 0 Å². The van der Waals surface area contributed by atoms with Crippen LogP contribution in [-0.4, -0.2) is 17.7 Å². The highest BCUT2D eigenvalue weighted by molar-refractivity contribution is 5.71. The van der Waals surface area contributed by atoms with Crippen molar-refractivity contribution < 1.29 is 14.1 Å². The molecule has 0 atom stereocenters. The second-order valence-electron chi connectivity index (χ2n) is 3.37. The molecule has 1 aromatic heterocycles. The summed E-state index contributed by atoms with van der Waals surface area (Å²) in [5, 5.41) is 3.88. The van der Waals surface area contributed by atoms with Crippen molar-refractivity contribution in [3.63, 3.8) is 0 Å². The third kappa shape index (κ3) is 4.14. The number of unbranched alkanes of at least 4 members (excludes halogenated alkanes) is 1. The lowest BCUT2D eigenvalue weighted by Gasteiger charge is -1.96. The number of aryl methyl sites for hydroxylation is 1. The second kappa shape index (κ2) is 6.22. The van der Waals surface area contributed by atoms with Crippen LogP contribution in [0.1, 0.15) is 38.1 Å². The van der Waals surface area contributed by atoms with E-state index in [1.807, 2.05) is 6.07 Å². The summed E-state index contributed by atoms with van der Waals surface area (Å²) in [5.74, 6) is 0.315. The molecule has 0 aliphatic heterocycles. The van der Waals surface area contributed by atoms with Crippen LogP contribution < -0.4 is 0 Å². The van der Waals surface area contributed by atoms with E-state index in [2.05, 4.69) is 12.1 Å². The Hall–Kier alpha value is -1.32. The summed E-state index contributed by atoms with van der Waals surface area (Å²) in [7, 11) is 0. The second-order valence-corrected chi connectivity index (χ2v) is 3.37. The molecule has 0 bridgehead atoms. The first-order valence-corrected chi connectivity index (χ1v) is 5.36. The maximum atomic E-state index is 11.1. The molecule has 0 radical (unpaired) electrons. The SMILES string of the molecule is CCCCc1cc(CC(=O)OCC)on1. The fourth-order valence-corrected chi connectivity index (χ4v) is 1.27. The molecule has 1 rings (SSSR count). The Morgan fingerprint density at radius 2 is 2.33 bits per heavy atom. The van der Waals surface area contributed by atoms with Crippen molar-refractivity contribution in [2.75, 3.05) is 6.61 Å². The van der Waals surface area contributed by atoms with E-state index in [1.165, 1.54) is 0 Å². The van der Waals surface area contributed by atoms with Crippen LogP contribution in [0.25, 0.3) is 0 Å². The zero-order valence-corrected chi connectivity index (χ0v) is 9.28. The number of hydrogen-bond donors (Lipinski definition) is 0. The fraction of sp³-hybridized carbons (Fsp3) is 0.636. The standard InChI is InChI=1S/C11H17NO3/c1-3-5-6-9-7-10(15-12-9)8-11(13)14-4-2/h7H,3-6,8H2,1-2H3. The van der Waals surface area contributed by atoms with Gasteiger partial charge in [-0.25, -0.2) is 0 Å². The molecule has 0 saturated heterocycles. The van der Waals surface area contributed by atoms with Crippen molar-refractivity contribution in [3.8, 4) is 0 Å². The van der Waals surface area contributed by atoms with Gasteiger partial charge >= 0.3 is 5.97 Å². The Kier molecular flexibility index (Phi) is 4.87. The Labute approximate surface area is 89.6 Å². The van der Waals surface area contributed by atoms with Crippen LogP contribution in [0.5, 0.6) is 0 Å². The molecule has 0 fully saturated rings. The maximum absolute atomic E-state index is 11.1. The van der Waals surface area contributed by atoms with Crippen molar-refractivity contribution >= 4 is 5.97 Å². The van der Waals surface area contributed by atoms with Gasteiger partial charge in [0.1, 0.15) is 12.2 Å². The highest BCUT2D eigenvalue weighted by atomic mass is 16.5. The predicted octanol–water partition coefficient (Wildman–Crippen LogP) is 2.12. The van der Waals surface area contributed by atoms with E-state index in [4.69, 9.17) is 9.26 Å². The van der Waals surface area contributed by atoms with E-state index < -0.39 is 0 Å². The van der Waals surface area contributed by atoms with Crippen LogP contribution in [-0.2, 0) is 22.4 Å². The number of carbonyl (C=O) groups excluding carboxylic acids is 1. The minimum absolute atomic E-state index is 0.174. The molecule has 0 saturated carbocycles. The molecule has 0 N–H and O–H groups in total. The maximum Gasteiger partial charge on any atom is 0.313 e. The average Bonchev–Trinajstić information content (AvgIpc) is 2.63. The number of hydrogen-bond acceptors (Lipinski definition) is 4. The molecule has 1 heterocycles. The van der Waals surface area contributed by atoms with Crippen LogP contribution in [0.2, 0.25) is 0 Å². The summed E-state index contributed by atoms with van der Waals surface area (Å²) in [5.41, 5.74) is 0.913. The Bertz CT molecular complexity index is 307. The molecule has 0 aliphatic carbocycles. The van der Waals surface area contributed by atoms with Crippen molar-refractivity contribution in [1.82, 2.24) is 5.16 Å². The minimum atomic E-state index is -0.268. The van der Waals surface area contributed by atoms with Gasteiger partial charge in [0, 0.05) is 6.07 Å². The van der Waals surface area contributed by atoms with Gasteiger partial charge in [-0.2, -0.15) is 0 Å². The van der Waals surface area contributed by atoms with E-state index in [-0.39, 0.29) is 12.4 Å². The molecule has 0 amide bonds. The fourth-order valence-electron chi connectivity index (χ4n) is 1.27. The summed E-state index contributed by atoms with van der Waals surface area (Å²) < 4.78 is 9.84. The van der Waals surface area contributed by atoms with Gasteiger partial charge in [-0.1, -0.05) is 18.5 Å². The first kappa shape index (κ1) is 11.8. The van der Waals surface area contributed by atoms with Gasteiger partial charge in [0.05, 0.1) is 12.3 Å².